The fourth-order valence-corrected chi connectivity index (χ4v) is 3.41. The van der Waals surface area contributed by atoms with E-state index in [0.717, 1.165) is 24.0 Å². The summed E-state index contributed by atoms with van der Waals surface area (Å²) in [6.45, 7) is 2.86. The van der Waals surface area contributed by atoms with E-state index >= 15 is 0 Å². The number of hydrogen-bond acceptors (Lipinski definition) is 5. The van der Waals surface area contributed by atoms with Gasteiger partial charge in [0.05, 0.1) is 22.5 Å². The molecule has 0 aliphatic heterocycles. The van der Waals surface area contributed by atoms with Crippen LogP contribution in [0.15, 0.2) is 35.4 Å². The Morgan fingerprint density at radius 3 is 2.61 bits per heavy atom. The number of alkyl halides is 3. The van der Waals surface area contributed by atoms with Gasteiger partial charge in [-0.05, 0) is 38.1 Å². The lowest BCUT2D eigenvalue weighted by molar-refractivity contribution is -0.169. The zero-order chi connectivity index (χ0) is 21.1. The summed E-state index contributed by atoms with van der Waals surface area (Å²) in [7, 11) is 0. The molecule has 0 radical (unpaired) electrons. The number of nitrogens with zero attached hydrogens (tertiary/aromatic N) is 2. The fourth-order valence-electron chi connectivity index (χ4n) is 2.17. The van der Waals surface area contributed by atoms with Crippen molar-refractivity contribution in [3.63, 3.8) is 0 Å². The SMILES string of the molecule is Cc1cc(F)cnc1Oc1ccc(Cl)c(SC(C)C(=O)C(C#N)C(F)(F)F)c1. The van der Waals surface area contributed by atoms with E-state index in [9.17, 15) is 22.4 Å². The number of benzene rings is 1. The Morgan fingerprint density at radius 2 is 2.04 bits per heavy atom. The van der Waals surface area contributed by atoms with Crippen molar-refractivity contribution in [1.29, 1.82) is 5.26 Å². The highest BCUT2D eigenvalue weighted by molar-refractivity contribution is 8.00. The summed E-state index contributed by atoms with van der Waals surface area (Å²) >= 11 is 6.84. The van der Waals surface area contributed by atoms with E-state index in [1.54, 1.807) is 6.92 Å². The Hall–Kier alpha value is -2.31. The predicted octanol–water partition coefficient (Wildman–Crippen LogP) is 5.73. The van der Waals surface area contributed by atoms with Crippen LogP contribution in [0, 0.1) is 30.0 Å². The van der Waals surface area contributed by atoms with Crippen molar-refractivity contribution in [3.8, 4) is 17.7 Å². The molecule has 0 spiro atoms. The molecule has 0 saturated carbocycles. The van der Waals surface area contributed by atoms with Gasteiger partial charge in [0.2, 0.25) is 11.8 Å². The second kappa shape index (κ2) is 8.80. The fraction of sp³-hybridized carbons (Fsp3) is 0.278. The average molecular weight is 433 g/mol. The van der Waals surface area contributed by atoms with Crippen LogP contribution >= 0.6 is 23.4 Å². The Morgan fingerprint density at radius 1 is 1.36 bits per heavy atom. The maximum atomic E-state index is 13.1. The van der Waals surface area contributed by atoms with Crippen LogP contribution in [0.25, 0.3) is 0 Å². The van der Waals surface area contributed by atoms with Crippen LogP contribution in [0.1, 0.15) is 12.5 Å². The van der Waals surface area contributed by atoms with E-state index in [0.29, 0.717) is 10.5 Å². The topological polar surface area (TPSA) is 63.0 Å². The largest absolute Gasteiger partial charge is 0.439 e. The highest BCUT2D eigenvalue weighted by Gasteiger charge is 2.46. The van der Waals surface area contributed by atoms with Gasteiger partial charge in [-0.15, -0.1) is 11.8 Å². The molecular weight excluding hydrogens is 420 g/mol. The smallest absolute Gasteiger partial charge is 0.411 e. The van der Waals surface area contributed by atoms with Gasteiger partial charge in [0.15, 0.2) is 5.78 Å². The number of carbonyl (C=O) groups is 1. The molecular formula is C18H13ClF4N2O2S. The van der Waals surface area contributed by atoms with Crippen LogP contribution in [-0.4, -0.2) is 22.2 Å². The molecule has 0 fully saturated rings. The molecule has 1 aromatic heterocycles. The molecule has 0 amide bonds. The molecule has 0 bridgehead atoms. The number of aromatic nitrogens is 1. The second-order valence-electron chi connectivity index (χ2n) is 5.74. The first kappa shape index (κ1) is 22.0. The number of ether oxygens (including phenoxy) is 1. The van der Waals surface area contributed by atoms with E-state index in [1.165, 1.54) is 31.2 Å². The third-order valence-electron chi connectivity index (χ3n) is 3.56. The number of pyridine rings is 1. The molecule has 2 unspecified atom stereocenters. The van der Waals surface area contributed by atoms with Crippen LogP contribution in [-0.2, 0) is 4.79 Å². The molecule has 2 aromatic rings. The van der Waals surface area contributed by atoms with Gasteiger partial charge in [0, 0.05) is 10.5 Å². The molecule has 148 valence electrons. The van der Waals surface area contributed by atoms with Gasteiger partial charge in [0.25, 0.3) is 0 Å². The van der Waals surface area contributed by atoms with Crippen molar-refractivity contribution in [2.75, 3.05) is 0 Å². The molecule has 10 heteroatoms. The van der Waals surface area contributed by atoms with Crippen LogP contribution in [0.2, 0.25) is 5.02 Å². The van der Waals surface area contributed by atoms with E-state index in [-0.39, 0.29) is 16.7 Å². The summed E-state index contributed by atoms with van der Waals surface area (Å²) in [6, 6.07) is 6.59. The lowest BCUT2D eigenvalue weighted by Crippen LogP contribution is -2.34. The van der Waals surface area contributed by atoms with Crippen LogP contribution in [0.3, 0.4) is 0 Å². The van der Waals surface area contributed by atoms with Crippen molar-refractivity contribution < 1.29 is 27.1 Å². The van der Waals surface area contributed by atoms with Gasteiger partial charge in [0.1, 0.15) is 11.6 Å². The molecule has 4 nitrogen and oxygen atoms in total. The normalized spacial score (nSPS) is 13.5. The Kier molecular flexibility index (Phi) is 6.91. The second-order valence-corrected chi connectivity index (χ2v) is 7.53. The lowest BCUT2D eigenvalue weighted by atomic mass is 10.0. The summed E-state index contributed by atoms with van der Waals surface area (Å²) in [4.78, 5) is 16.1. The Bertz CT molecular complexity index is 931. The van der Waals surface area contributed by atoms with Gasteiger partial charge in [-0.3, -0.25) is 4.79 Å². The molecule has 0 aliphatic carbocycles. The van der Waals surface area contributed by atoms with E-state index in [1.807, 2.05) is 0 Å². The summed E-state index contributed by atoms with van der Waals surface area (Å²) in [5, 5.41) is 7.70. The minimum Gasteiger partial charge on any atom is -0.439 e. The van der Waals surface area contributed by atoms with Crippen LogP contribution in [0.5, 0.6) is 11.6 Å². The first-order valence-electron chi connectivity index (χ1n) is 7.79. The molecule has 2 atom stereocenters. The van der Waals surface area contributed by atoms with Crippen LogP contribution in [0.4, 0.5) is 17.6 Å². The molecule has 28 heavy (non-hydrogen) atoms. The number of aryl methyl sites for hydroxylation is 1. The van der Waals surface area contributed by atoms with Crippen molar-refractivity contribution >= 4 is 29.1 Å². The predicted molar refractivity (Wildman–Crippen MR) is 95.9 cm³/mol. The first-order valence-corrected chi connectivity index (χ1v) is 9.05. The van der Waals surface area contributed by atoms with Crippen molar-refractivity contribution in [3.05, 3.63) is 46.9 Å². The number of Topliss-reactive ketones (excluding diaryl/α,β-unsaturated/α-hetero) is 1. The van der Waals surface area contributed by atoms with E-state index < -0.39 is 28.9 Å². The number of ketones is 1. The quantitative estimate of drug-likeness (QED) is 0.431. The van der Waals surface area contributed by atoms with Gasteiger partial charge in [-0.25, -0.2) is 9.37 Å². The third kappa shape index (κ3) is 5.36. The van der Waals surface area contributed by atoms with E-state index in [2.05, 4.69) is 4.98 Å². The molecule has 0 saturated heterocycles. The zero-order valence-electron chi connectivity index (χ0n) is 14.6. The van der Waals surface area contributed by atoms with E-state index in [4.69, 9.17) is 21.6 Å². The Labute approximate surface area is 167 Å². The van der Waals surface area contributed by atoms with Gasteiger partial charge in [-0.2, -0.15) is 18.4 Å². The number of hydrogen-bond donors (Lipinski definition) is 0. The molecule has 0 N–H and O–H groups in total. The summed E-state index contributed by atoms with van der Waals surface area (Å²) < 4.78 is 57.1. The minimum absolute atomic E-state index is 0.144. The average Bonchev–Trinajstić information content (AvgIpc) is 2.59. The molecule has 1 aromatic carbocycles. The molecule has 2 rings (SSSR count). The summed E-state index contributed by atoms with van der Waals surface area (Å²) in [6.07, 6.45) is -3.96. The number of rotatable bonds is 6. The maximum Gasteiger partial charge on any atom is 0.411 e. The summed E-state index contributed by atoms with van der Waals surface area (Å²) in [5.41, 5.74) is 0.440. The number of thioether (sulfide) groups is 1. The lowest BCUT2D eigenvalue weighted by Gasteiger charge is -2.17. The summed E-state index contributed by atoms with van der Waals surface area (Å²) in [5.74, 6) is -4.11. The van der Waals surface area contributed by atoms with Crippen LogP contribution < -0.4 is 4.74 Å². The van der Waals surface area contributed by atoms with Crippen molar-refractivity contribution in [2.45, 2.75) is 30.2 Å². The maximum absolute atomic E-state index is 13.1. The standard InChI is InChI=1S/C18H13ClF4N2O2S/c1-9-5-11(20)8-25-17(9)27-12-3-4-14(19)15(6-12)28-10(2)16(26)13(7-24)18(21,22)23/h3-6,8,10,13H,1-2H3. The number of carbonyl (C=O) groups excluding carboxylic acids is 1. The van der Waals surface area contributed by atoms with Gasteiger partial charge < -0.3 is 4.74 Å². The van der Waals surface area contributed by atoms with Gasteiger partial charge in [-0.1, -0.05) is 11.6 Å². The highest BCUT2D eigenvalue weighted by atomic mass is 35.5. The monoisotopic (exact) mass is 432 g/mol. The van der Waals surface area contributed by atoms with Crippen molar-refractivity contribution in [2.24, 2.45) is 5.92 Å². The zero-order valence-corrected chi connectivity index (χ0v) is 16.1. The first-order chi connectivity index (χ1) is 13.0. The Balaban J connectivity index is 2.21. The minimum atomic E-state index is -4.94. The van der Waals surface area contributed by atoms with Gasteiger partial charge >= 0.3 is 6.18 Å². The molecule has 0 aliphatic rings. The number of halogens is 5. The third-order valence-corrected chi connectivity index (χ3v) is 5.18. The van der Waals surface area contributed by atoms with Crippen molar-refractivity contribution in [1.82, 2.24) is 4.98 Å². The number of nitriles is 1. The highest BCUT2D eigenvalue weighted by Crippen LogP contribution is 2.37. The molecule has 1 heterocycles.